The van der Waals surface area contributed by atoms with E-state index in [-0.39, 0.29) is 67.7 Å². The maximum Gasteiger partial charge on any atom is 2.00 e. The Morgan fingerprint density at radius 1 is 1.00 bits per heavy atom. The van der Waals surface area contributed by atoms with Crippen molar-refractivity contribution in [2.75, 3.05) is 0 Å². The fraction of sp³-hybridized carbons (Fsp3) is 0. The summed E-state index contributed by atoms with van der Waals surface area (Å²) in [7, 11) is 0. The molecule has 4 heteroatoms. The molecule has 0 atom stereocenters. The van der Waals surface area contributed by atoms with Gasteiger partial charge < -0.3 is 0 Å². The summed E-state index contributed by atoms with van der Waals surface area (Å²) >= 11 is 0. The van der Waals surface area contributed by atoms with E-state index in [9.17, 15) is 0 Å². The molecule has 1 radical (unpaired) electrons. The molecule has 0 nitrogen and oxygen atoms in total. The van der Waals surface area contributed by atoms with Crippen molar-refractivity contribution in [2.24, 2.45) is 0 Å². The molecule has 0 amide bonds. The van der Waals surface area contributed by atoms with Gasteiger partial charge in [0.2, 0.25) is 0 Å². The summed E-state index contributed by atoms with van der Waals surface area (Å²) in [6, 6.07) is 0. The van der Waals surface area contributed by atoms with Crippen LogP contribution in [0.5, 0.6) is 0 Å². The van der Waals surface area contributed by atoms with Crippen LogP contribution in [0.1, 0.15) is 0 Å². The van der Waals surface area contributed by atoms with Crippen LogP contribution in [-0.2, 0) is 67.7 Å². The Labute approximate surface area is 67.2 Å². The molecule has 0 aliphatic heterocycles. The molecule has 0 heterocycles. The van der Waals surface area contributed by atoms with Gasteiger partial charge in [-0.15, -0.1) is 0 Å². The molecule has 0 saturated carbocycles. The fourth-order valence-electron chi connectivity index (χ4n) is 0. The van der Waals surface area contributed by atoms with Crippen molar-refractivity contribution in [3.63, 3.8) is 0 Å². The average Bonchev–Trinajstić information content (AvgIpc) is 0. The first-order valence-electron chi connectivity index (χ1n) is 0. The van der Waals surface area contributed by atoms with E-state index in [1.165, 1.54) is 0 Å². The van der Waals surface area contributed by atoms with Gasteiger partial charge in [-0.2, -0.15) is 0 Å². The monoisotopic (exact) mass is 225 g/mol. The Morgan fingerprint density at radius 3 is 1.00 bits per heavy atom. The zero-order valence-corrected chi connectivity index (χ0v) is 5.82. The zero-order chi connectivity index (χ0) is 0. The summed E-state index contributed by atoms with van der Waals surface area (Å²) in [5.74, 6) is 0. The Balaban J connectivity index is 0. The predicted octanol–water partition coefficient (Wildman–Crippen LogP) is -0.0100. The third-order valence-corrected chi connectivity index (χ3v) is 0. The molecule has 0 fully saturated rings. The molecule has 0 unspecified atom stereocenters. The second kappa shape index (κ2) is 19.7. The van der Waals surface area contributed by atoms with Crippen molar-refractivity contribution in [1.29, 1.82) is 0 Å². The summed E-state index contributed by atoms with van der Waals surface area (Å²) in [6.45, 7) is 0. The normalized spacial score (nSPS) is 0. The number of rotatable bonds is 0. The maximum atomic E-state index is 0. The molecular formula is CoCrFeNi+8. The second-order valence-electron chi connectivity index (χ2n) is 0. The van der Waals surface area contributed by atoms with E-state index in [0.29, 0.717) is 0 Å². The summed E-state index contributed by atoms with van der Waals surface area (Å²) < 4.78 is 0. The molecule has 0 aliphatic carbocycles. The minimum atomic E-state index is 0. The molecule has 4 heavy (non-hydrogen) atoms. The van der Waals surface area contributed by atoms with Crippen LogP contribution in [0.25, 0.3) is 0 Å². The van der Waals surface area contributed by atoms with Gasteiger partial charge in [0.1, 0.15) is 0 Å². The predicted molar refractivity (Wildman–Crippen MR) is 0 cm³/mol. The van der Waals surface area contributed by atoms with Gasteiger partial charge in [0.15, 0.2) is 0 Å². The van der Waals surface area contributed by atoms with Crippen molar-refractivity contribution in [1.82, 2.24) is 0 Å². The van der Waals surface area contributed by atoms with E-state index in [1.54, 1.807) is 0 Å². The average molecular weight is 225 g/mol. The van der Waals surface area contributed by atoms with Crippen LogP contribution in [0.3, 0.4) is 0 Å². The van der Waals surface area contributed by atoms with E-state index in [2.05, 4.69) is 0 Å². The van der Waals surface area contributed by atoms with E-state index in [4.69, 9.17) is 0 Å². The quantitative estimate of drug-likeness (QED) is 0.509. The van der Waals surface area contributed by atoms with E-state index < -0.39 is 0 Å². The first-order valence-corrected chi connectivity index (χ1v) is 0. The zero-order valence-electron chi connectivity index (χ0n) is 1.41. The molecule has 0 saturated heterocycles. The van der Waals surface area contributed by atoms with Gasteiger partial charge in [0, 0.05) is 0 Å². The Bertz CT molecular complexity index is 8.00. The van der Waals surface area contributed by atoms with Crippen LogP contribution in [0.4, 0.5) is 0 Å². The molecular weight excluding hydrogens is 225 g/mol. The molecule has 0 aromatic carbocycles. The third kappa shape index (κ3) is 8.96. The Kier molecular flexibility index (Phi) is 181. The van der Waals surface area contributed by atoms with Gasteiger partial charge in [-0.25, -0.2) is 0 Å². The summed E-state index contributed by atoms with van der Waals surface area (Å²) in [5, 5.41) is 0. The second-order valence-corrected chi connectivity index (χ2v) is 0. The van der Waals surface area contributed by atoms with Gasteiger partial charge in [-0.3, -0.25) is 0 Å². The van der Waals surface area contributed by atoms with Crippen LogP contribution < -0.4 is 0 Å². The van der Waals surface area contributed by atoms with Crippen molar-refractivity contribution in [3.8, 4) is 0 Å². The first kappa shape index (κ1) is 36.7. The van der Waals surface area contributed by atoms with Gasteiger partial charge in [-0.05, 0) is 0 Å². The number of hydrogen-bond acceptors (Lipinski definition) is 0. The third-order valence-electron chi connectivity index (χ3n) is 0. The molecule has 0 N–H and O–H groups in total. The van der Waals surface area contributed by atoms with E-state index in [1.807, 2.05) is 0 Å². The van der Waals surface area contributed by atoms with Crippen molar-refractivity contribution < 1.29 is 67.7 Å². The van der Waals surface area contributed by atoms with Gasteiger partial charge in [0.25, 0.3) is 0 Å². The van der Waals surface area contributed by atoms with Crippen LogP contribution in [-0.4, -0.2) is 0 Å². The summed E-state index contributed by atoms with van der Waals surface area (Å²) in [6.07, 6.45) is 0. The molecule has 0 bridgehead atoms. The first-order chi connectivity index (χ1) is 0. The summed E-state index contributed by atoms with van der Waals surface area (Å²) in [4.78, 5) is 0. The topological polar surface area (TPSA) is 0 Å². The van der Waals surface area contributed by atoms with Crippen LogP contribution >= 0.6 is 0 Å². The Hall–Kier alpha value is 2.05. The van der Waals surface area contributed by atoms with Gasteiger partial charge in [0.05, 0.1) is 0 Å². The molecule has 0 spiro atoms. The molecule has 25 valence electrons. The van der Waals surface area contributed by atoms with E-state index >= 15 is 0 Å². The largest absolute Gasteiger partial charge is 2.00 e. The van der Waals surface area contributed by atoms with Gasteiger partial charge in [-0.1, -0.05) is 0 Å². The van der Waals surface area contributed by atoms with Crippen LogP contribution in [0.15, 0.2) is 0 Å². The van der Waals surface area contributed by atoms with Crippen molar-refractivity contribution in [2.45, 2.75) is 0 Å². The SMILES string of the molecule is [Co+2].[Cr+2].[Fe+2].[Ni+2]. The minimum absolute atomic E-state index is 0. The minimum Gasteiger partial charge on any atom is 2.00 e. The summed E-state index contributed by atoms with van der Waals surface area (Å²) in [5.41, 5.74) is 0. The molecule has 0 aromatic heterocycles. The maximum absolute atomic E-state index is 0. The standard InChI is InChI=1S/Co.Cr.Fe.Ni/q4*+2. The van der Waals surface area contributed by atoms with Gasteiger partial charge >= 0.3 is 67.7 Å². The number of hydrogen-bond donors (Lipinski definition) is 0. The fourth-order valence-corrected chi connectivity index (χ4v) is 0. The molecule has 0 aliphatic rings. The van der Waals surface area contributed by atoms with Crippen LogP contribution in [0, 0.1) is 0 Å². The smallest absolute Gasteiger partial charge is 2.00 e. The Morgan fingerprint density at radius 2 is 1.00 bits per heavy atom. The molecule has 0 aromatic rings. The van der Waals surface area contributed by atoms with Crippen molar-refractivity contribution in [3.05, 3.63) is 0 Å². The molecule has 0 rings (SSSR count). The van der Waals surface area contributed by atoms with E-state index in [0.717, 1.165) is 0 Å². The van der Waals surface area contributed by atoms with Crippen molar-refractivity contribution >= 4 is 0 Å². The van der Waals surface area contributed by atoms with Crippen LogP contribution in [0.2, 0.25) is 0 Å².